The van der Waals surface area contributed by atoms with Crippen LogP contribution in [0, 0.1) is 0 Å². The third-order valence-electron chi connectivity index (χ3n) is 2.32. The lowest BCUT2D eigenvalue weighted by Crippen LogP contribution is -2.23. The second-order valence-corrected chi connectivity index (χ2v) is 4.15. The third-order valence-corrected chi connectivity index (χ3v) is 2.32. The Balaban J connectivity index is 0.00000484. The number of nitrogens with two attached hydrogens (primary N) is 1. The van der Waals surface area contributed by atoms with E-state index in [4.69, 9.17) is 15.6 Å². The van der Waals surface area contributed by atoms with Gasteiger partial charge in [-0.25, -0.2) is 0 Å². The summed E-state index contributed by atoms with van der Waals surface area (Å²) in [7, 11) is 0. The van der Waals surface area contributed by atoms with Crippen molar-refractivity contribution >= 4 is 35.6 Å². The summed E-state index contributed by atoms with van der Waals surface area (Å²) in [5.74, 6) is -0.166. The summed E-state index contributed by atoms with van der Waals surface area (Å²) in [5, 5.41) is 11.2. The number of ether oxygens (including phenoxy) is 2. The number of rotatable bonds is 8. The standard InChI is InChI=1S/C13H18F3N3O3.HI/c14-13(15,16)22-11-4-2-10(3-5-11)19-12(17)18-6-1-8-21-9-7-20;/h2-5,20H,1,6-9H2,(H3,17,18,19);1H. The van der Waals surface area contributed by atoms with Gasteiger partial charge in [0.1, 0.15) is 5.75 Å². The van der Waals surface area contributed by atoms with Crippen molar-refractivity contribution in [3.8, 4) is 5.75 Å². The first-order valence-corrected chi connectivity index (χ1v) is 6.52. The van der Waals surface area contributed by atoms with E-state index in [0.29, 0.717) is 25.3 Å². The summed E-state index contributed by atoms with van der Waals surface area (Å²) >= 11 is 0. The summed E-state index contributed by atoms with van der Waals surface area (Å²) in [4.78, 5) is 4.03. The number of nitrogens with zero attached hydrogens (tertiary/aromatic N) is 1. The Labute approximate surface area is 148 Å². The lowest BCUT2D eigenvalue weighted by molar-refractivity contribution is -0.274. The van der Waals surface area contributed by atoms with E-state index in [1.807, 2.05) is 0 Å². The smallest absolute Gasteiger partial charge is 0.406 e. The van der Waals surface area contributed by atoms with Gasteiger partial charge in [0.05, 0.1) is 13.2 Å². The van der Waals surface area contributed by atoms with E-state index in [1.165, 1.54) is 24.3 Å². The van der Waals surface area contributed by atoms with Gasteiger partial charge < -0.3 is 25.6 Å². The zero-order valence-electron chi connectivity index (χ0n) is 12.2. The van der Waals surface area contributed by atoms with Gasteiger partial charge >= 0.3 is 6.36 Å². The average Bonchev–Trinajstić information content (AvgIpc) is 2.43. The summed E-state index contributed by atoms with van der Waals surface area (Å²) in [6.07, 6.45) is -4.08. The van der Waals surface area contributed by atoms with Gasteiger partial charge in [-0.15, -0.1) is 37.1 Å². The van der Waals surface area contributed by atoms with Crippen molar-refractivity contribution < 1.29 is 27.8 Å². The molecule has 4 N–H and O–H groups in total. The highest BCUT2D eigenvalue weighted by atomic mass is 127. The number of aliphatic hydroxyl groups is 1. The van der Waals surface area contributed by atoms with E-state index in [1.54, 1.807) is 0 Å². The van der Waals surface area contributed by atoms with E-state index < -0.39 is 6.36 Å². The molecule has 0 aromatic heterocycles. The van der Waals surface area contributed by atoms with Gasteiger partial charge in [0.15, 0.2) is 5.96 Å². The highest BCUT2D eigenvalue weighted by Crippen LogP contribution is 2.23. The number of anilines is 1. The van der Waals surface area contributed by atoms with Crippen LogP contribution in [0.25, 0.3) is 0 Å². The minimum Gasteiger partial charge on any atom is -0.406 e. The number of benzene rings is 1. The minimum atomic E-state index is -4.71. The van der Waals surface area contributed by atoms with Crippen molar-refractivity contribution in [1.82, 2.24) is 0 Å². The molecule has 0 aliphatic rings. The monoisotopic (exact) mass is 449 g/mol. The number of hydrogen-bond acceptors (Lipinski definition) is 4. The molecule has 1 aromatic rings. The Morgan fingerprint density at radius 1 is 1.22 bits per heavy atom. The first kappa shape index (κ1) is 21.7. The zero-order chi connectivity index (χ0) is 16.4. The molecule has 23 heavy (non-hydrogen) atoms. The quantitative estimate of drug-likeness (QED) is 0.246. The van der Waals surface area contributed by atoms with Crippen molar-refractivity contribution in [2.45, 2.75) is 12.8 Å². The van der Waals surface area contributed by atoms with Crippen LogP contribution in [0.1, 0.15) is 6.42 Å². The van der Waals surface area contributed by atoms with Gasteiger partial charge in [-0.2, -0.15) is 0 Å². The molecule has 0 saturated carbocycles. The number of hydrogen-bond donors (Lipinski definition) is 3. The van der Waals surface area contributed by atoms with Crippen molar-refractivity contribution in [2.75, 3.05) is 31.7 Å². The Hall–Kier alpha value is -1.27. The van der Waals surface area contributed by atoms with E-state index in [2.05, 4.69) is 15.0 Å². The average molecular weight is 449 g/mol. The molecule has 0 aliphatic heterocycles. The highest BCUT2D eigenvalue weighted by molar-refractivity contribution is 14.0. The number of aliphatic hydroxyl groups excluding tert-OH is 1. The molecule has 0 aliphatic carbocycles. The molecule has 0 saturated heterocycles. The van der Waals surface area contributed by atoms with Crippen molar-refractivity contribution in [3.05, 3.63) is 24.3 Å². The maximum absolute atomic E-state index is 12.0. The molecule has 0 bridgehead atoms. The van der Waals surface area contributed by atoms with Crippen LogP contribution in [0.15, 0.2) is 29.3 Å². The zero-order valence-corrected chi connectivity index (χ0v) is 14.5. The van der Waals surface area contributed by atoms with E-state index in [0.717, 1.165) is 0 Å². The molecular formula is C13H19F3IN3O3. The molecule has 0 radical (unpaired) electrons. The van der Waals surface area contributed by atoms with Crippen molar-refractivity contribution in [2.24, 2.45) is 10.7 Å². The fourth-order valence-electron chi connectivity index (χ4n) is 1.46. The first-order valence-electron chi connectivity index (χ1n) is 6.52. The number of halogens is 4. The summed E-state index contributed by atoms with van der Waals surface area (Å²) in [5.41, 5.74) is 6.13. The van der Waals surface area contributed by atoms with Crippen LogP contribution in [-0.2, 0) is 4.74 Å². The molecule has 0 heterocycles. The normalized spacial score (nSPS) is 11.7. The second kappa shape index (κ2) is 11.3. The van der Waals surface area contributed by atoms with Crippen molar-refractivity contribution in [1.29, 1.82) is 0 Å². The summed E-state index contributed by atoms with van der Waals surface area (Å²) in [6, 6.07) is 5.14. The van der Waals surface area contributed by atoms with Crippen LogP contribution < -0.4 is 15.8 Å². The molecule has 0 spiro atoms. The summed E-state index contributed by atoms with van der Waals surface area (Å²) in [6.45, 7) is 1.14. The van der Waals surface area contributed by atoms with E-state index in [9.17, 15) is 13.2 Å². The first-order chi connectivity index (χ1) is 10.4. The van der Waals surface area contributed by atoms with Gasteiger partial charge in [0.2, 0.25) is 0 Å². The predicted octanol–water partition coefficient (Wildman–Crippen LogP) is 2.33. The molecule has 0 unspecified atom stereocenters. The Morgan fingerprint density at radius 2 is 1.87 bits per heavy atom. The molecule has 132 valence electrons. The van der Waals surface area contributed by atoms with Gasteiger partial charge in [0.25, 0.3) is 0 Å². The van der Waals surface area contributed by atoms with Crippen LogP contribution in [0.2, 0.25) is 0 Å². The fourth-order valence-corrected chi connectivity index (χ4v) is 1.46. The van der Waals surface area contributed by atoms with Gasteiger partial charge in [0, 0.05) is 18.8 Å². The third kappa shape index (κ3) is 11.0. The van der Waals surface area contributed by atoms with E-state index >= 15 is 0 Å². The number of alkyl halides is 3. The highest BCUT2D eigenvalue weighted by Gasteiger charge is 2.30. The number of aliphatic imine (C=N–C) groups is 1. The van der Waals surface area contributed by atoms with Gasteiger partial charge in [-0.3, -0.25) is 4.99 Å². The molecule has 1 rings (SSSR count). The largest absolute Gasteiger partial charge is 0.573 e. The van der Waals surface area contributed by atoms with Crippen molar-refractivity contribution in [3.63, 3.8) is 0 Å². The predicted molar refractivity (Wildman–Crippen MR) is 91.2 cm³/mol. The van der Waals surface area contributed by atoms with Crippen LogP contribution in [0.3, 0.4) is 0 Å². The second-order valence-electron chi connectivity index (χ2n) is 4.15. The van der Waals surface area contributed by atoms with Crippen LogP contribution in [0.4, 0.5) is 18.9 Å². The topological polar surface area (TPSA) is 89.1 Å². The van der Waals surface area contributed by atoms with E-state index in [-0.39, 0.29) is 48.9 Å². The number of nitrogens with one attached hydrogen (secondary N) is 1. The van der Waals surface area contributed by atoms with Gasteiger partial charge in [-0.05, 0) is 30.7 Å². The minimum absolute atomic E-state index is 0. The SMILES string of the molecule is I.NC(=NCCCOCCO)Nc1ccc(OC(F)(F)F)cc1. The molecule has 1 aromatic carbocycles. The molecule has 10 heteroatoms. The molecule has 6 nitrogen and oxygen atoms in total. The lowest BCUT2D eigenvalue weighted by Gasteiger charge is -2.10. The number of guanidine groups is 1. The Kier molecular flexibility index (Phi) is 10.7. The molecule has 0 fully saturated rings. The lowest BCUT2D eigenvalue weighted by atomic mass is 10.3. The molecule has 0 atom stereocenters. The Bertz CT molecular complexity index is 470. The maximum Gasteiger partial charge on any atom is 0.573 e. The molecule has 0 amide bonds. The Morgan fingerprint density at radius 3 is 2.43 bits per heavy atom. The van der Waals surface area contributed by atoms with Gasteiger partial charge in [-0.1, -0.05) is 0 Å². The van der Waals surface area contributed by atoms with Crippen LogP contribution in [-0.4, -0.2) is 43.8 Å². The summed E-state index contributed by atoms with van der Waals surface area (Å²) < 4.78 is 44.8. The maximum atomic E-state index is 12.0. The fraction of sp³-hybridized carbons (Fsp3) is 0.462. The molecular weight excluding hydrogens is 430 g/mol. The van der Waals surface area contributed by atoms with Crippen LogP contribution >= 0.6 is 24.0 Å². The van der Waals surface area contributed by atoms with Crippen LogP contribution in [0.5, 0.6) is 5.75 Å².